The fourth-order valence-electron chi connectivity index (χ4n) is 5.91. The van der Waals surface area contributed by atoms with Gasteiger partial charge in [-0.25, -0.2) is 9.97 Å². The molecule has 11 heteroatoms. The topological polar surface area (TPSA) is 103 Å². The van der Waals surface area contributed by atoms with Crippen LogP contribution < -0.4 is 4.90 Å². The molecule has 0 unspecified atom stereocenters. The second kappa shape index (κ2) is 9.87. The van der Waals surface area contributed by atoms with Crippen LogP contribution in [0.4, 0.5) is 5.82 Å². The maximum atomic E-state index is 12.3. The quantitative estimate of drug-likeness (QED) is 0.386. The van der Waals surface area contributed by atoms with Crippen molar-refractivity contribution < 1.29 is 14.3 Å². The zero-order valence-corrected chi connectivity index (χ0v) is 23.3. The van der Waals surface area contributed by atoms with E-state index in [1.54, 1.807) is 14.0 Å². The Labute approximate surface area is 227 Å². The number of morpholine rings is 1. The Bertz CT molecular complexity index is 1540. The summed E-state index contributed by atoms with van der Waals surface area (Å²) >= 11 is 0. The summed E-state index contributed by atoms with van der Waals surface area (Å²) in [4.78, 5) is 36.7. The largest absolute Gasteiger partial charge is 0.378 e. The molecule has 2 aliphatic rings. The number of rotatable bonds is 5. The van der Waals surface area contributed by atoms with Gasteiger partial charge in [-0.15, -0.1) is 0 Å². The molecule has 0 spiro atoms. The molecule has 0 bridgehead atoms. The minimum absolute atomic E-state index is 0.0409. The number of carbonyl (C=O) groups is 1. The highest BCUT2D eigenvalue weighted by molar-refractivity contribution is 5.86. The molecule has 1 amide bonds. The van der Waals surface area contributed by atoms with Gasteiger partial charge in [-0.05, 0) is 25.0 Å². The van der Waals surface area contributed by atoms with Crippen LogP contribution in [0.25, 0.3) is 28.1 Å². The summed E-state index contributed by atoms with van der Waals surface area (Å²) in [6, 6.07) is 8.09. The number of benzene rings is 1. The Morgan fingerprint density at radius 1 is 1.08 bits per heavy atom. The average molecular weight is 533 g/mol. The van der Waals surface area contributed by atoms with Gasteiger partial charge in [-0.3, -0.25) is 9.36 Å². The van der Waals surface area contributed by atoms with Crippen molar-refractivity contribution in [1.82, 2.24) is 34.0 Å². The molecule has 2 fully saturated rings. The summed E-state index contributed by atoms with van der Waals surface area (Å²) in [5.74, 6) is 3.21. The first-order valence-corrected chi connectivity index (χ1v) is 13.7. The number of imidazole rings is 2. The van der Waals surface area contributed by atoms with Crippen molar-refractivity contribution >= 4 is 33.9 Å². The molecule has 2 aliphatic heterocycles. The molecule has 39 heavy (non-hydrogen) atoms. The SMILES string of the molecule is CO[C@]1(c2nc3c(N4CCOCC4)nc(-n4c(C(C)C)nc5ccccc54)nc3n2C)CCCN(C(C)=O)C1. The highest BCUT2D eigenvalue weighted by Gasteiger charge is 2.42. The maximum Gasteiger partial charge on any atom is 0.239 e. The Hall–Kier alpha value is -3.57. The first-order chi connectivity index (χ1) is 18.8. The number of hydrogen-bond donors (Lipinski definition) is 0. The van der Waals surface area contributed by atoms with E-state index in [0.717, 1.165) is 59.1 Å². The summed E-state index contributed by atoms with van der Waals surface area (Å²) in [6.45, 7) is 9.73. The minimum Gasteiger partial charge on any atom is -0.378 e. The number of likely N-dealkylation sites (tertiary alicyclic amines) is 1. The number of aromatic nitrogens is 6. The van der Waals surface area contributed by atoms with Crippen LogP contribution in [-0.4, -0.2) is 86.4 Å². The summed E-state index contributed by atoms with van der Waals surface area (Å²) in [5.41, 5.74) is 2.60. The van der Waals surface area contributed by atoms with E-state index < -0.39 is 5.60 Å². The van der Waals surface area contributed by atoms with Crippen molar-refractivity contribution in [2.45, 2.75) is 45.1 Å². The number of nitrogens with zero attached hydrogens (tertiary/aromatic N) is 8. The van der Waals surface area contributed by atoms with Gasteiger partial charge in [-0.2, -0.15) is 9.97 Å². The lowest BCUT2D eigenvalue weighted by Gasteiger charge is -2.40. The molecule has 0 N–H and O–H groups in total. The molecule has 1 atom stereocenters. The third-order valence-electron chi connectivity index (χ3n) is 8.00. The number of amides is 1. The van der Waals surface area contributed by atoms with E-state index >= 15 is 0 Å². The van der Waals surface area contributed by atoms with E-state index in [9.17, 15) is 4.79 Å². The minimum atomic E-state index is -0.730. The number of ether oxygens (including phenoxy) is 2. The van der Waals surface area contributed by atoms with Gasteiger partial charge in [-0.1, -0.05) is 26.0 Å². The fraction of sp³-hybridized carbons (Fsp3) is 0.536. The van der Waals surface area contributed by atoms with Gasteiger partial charge in [0, 0.05) is 46.6 Å². The molecule has 5 heterocycles. The fourth-order valence-corrected chi connectivity index (χ4v) is 5.91. The Balaban J connectivity index is 1.60. The number of methoxy groups -OCH3 is 1. The zero-order chi connectivity index (χ0) is 27.3. The van der Waals surface area contributed by atoms with Gasteiger partial charge in [0.15, 0.2) is 17.0 Å². The second-order valence-electron chi connectivity index (χ2n) is 10.8. The Morgan fingerprint density at radius 2 is 1.85 bits per heavy atom. The standard InChI is InChI=1S/C28H36N8O3/c1-18(2)23-29-20-9-6-7-10-21(20)36(23)27-31-24-22(25(32-27)34-13-15-39-16-14-34)30-26(33(24)4)28(38-5)11-8-12-35(17-28)19(3)37/h6-7,9-10,18H,8,11-17H2,1-5H3/t28-/m1/s1. The molecule has 11 nitrogen and oxygen atoms in total. The van der Waals surface area contributed by atoms with Gasteiger partial charge in [0.25, 0.3) is 0 Å². The molecule has 4 aromatic rings. The van der Waals surface area contributed by atoms with Crippen molar-refractivity contribution in [3.05, 3.63) is 35.9 Å². The molecule has 1 aromatic carbocycles. The highest BCUT2D eigenvalue weighted by atomic mass is 16.5. The first-order valence-electron chi connectivity index (χ1n) is 13.7. The summed E-state index contributed by atoms with van der Waals surface area (Å²) in [7, 11) is 3.68. The summed E-state index contributed by atoms with van der Waals surface area (Å²) < 4.78 is 15.9. The van der Waals surface area contributed by atoms with E-state index in [-0.39, 0.29) is 11.8 Å². The Kier molecular flexibility index (Phi) is 6.50. The molecule has 0 saturated carbocycles. The zero-order valence-electron chi connectivity index (χ0n) is 23.3. The van der Waals surface area contributed by atoms with Gasteiger partial charge < -0.3 is 23.8 Å². The molecule has 206 valence electrons. The lowest BCUT2D eigenvalue weighted by Crippen LogP contribution is -2.50. The van der Waals surface area contributed by atoms with Crippen molar-refractivity contribution in [2.75, 3.05) is 51.4 Å². The number of carbonyl (C=O) groups excluding carboxylic acids is 1. The van der Waals surface area contributed by atoms with E-state index in [2.05, 4.69) is 29.4 Å². The third kappa shape index (κ3) is 4.24. The maximum absolute atomic E-state index is 12.3. The molecular weight excluding hydrogens is 496 g/mol. The van der Waals surface area contributed by atoms with E-state index in [1.807, 2.05) is 34.7 Å². The molecule has 0 radical (unpaired) electrons. The summed E-state index contributed by atoms with van der Waals surface area (Å²) in [6.07, 6.45) is 1.60. The van der Waals surface area contributed by atoms with Crippen molar-refractivity contribution in [3.8, 4) is 5.95 Å². The van der Waals surface area contributed by atoms with Crippen LogP contribution >= 0.6 is 0 Å². The van der Waals surface area contributed by atoms with Crippen LogP contribution in [0.3, 0.4) is 0 Å². The van der Waals surface area contributed by atoms with Crippen molar-refractivity contribution in [3.63, 3.8) is 0 Å². The number of para-hydroxylation sites is 2. The smallest absolute Gasteiger partial charge is 0.239 e. The van der Waals surface area contributed by atoms with Gasteiger partial charge in [0.1, 0.15) is 17.2 Å². The number of fused-ring (bicyclic) bond motifs is 2. The van der Waals surface area contributed by atoms with Crippen molar-refractivity contribution in [2.24, 2.45) is 7.05 Å². The second-order valence-corrected chi connectivity index (χ2v) is 10.8. The van der Waals surface area contributed by atoms with E-state index in [1.165, 1.54) is 0 Å². The molecule has 0 aliphatic carbocycles. The normalized spacial score (nSPS) is 20.5. The molecule has 3 aromatic heterocycles. The predicted octanol–water partition coefficient (Wildman–Crippen LogP) is 3.15. The lowest BCUT2D eigenvalue weighted by atomic mass is 9.91. The predicted molar refractivity (Wildman–Crippen MR) is 148 cm³/mol. The van der Waals surface area contributed by atoms with Crippen LogP contribution in [-0.2, 0) is 26.9 Å². The van der Waals surface area contributed by atoms with Crippen LogP contribution in [0.5, 0.6) is 0 Å². The van der Waals surface area contributed by atoms with Crippen LogP contribution in [0.15, 0.2) is 24.3 Å². The molecule has 6 rings (SSSR count). The van der Waals surface area contributed by atoms with E-state index in [4.69, 9.17) is 29.4 Å². The monoisotopic (exact) mass is 532 g/mol. The molecule has 2 saturated heterocycles. The van der Waals surface area contributed by atoms with Crippen LogP contribution in [0, 0.1) is 0 Å². The third-order valence-corrected chi connectivity index (χ3v) is 8.00. The molecular formula is C28H36N8O3. The highest BCUT2D eigenvalue weighted by Crippen LogP contribution is 2.37. The van der Waals surface area contributed by atoms with Crippen LogP contribution in [0.2, 0.25) is 0 Å². The van der Waals surface area contributed by atoms with Crippen LogP contribution in [0.1, 0.15) is 51.2 Å². The van der Waals surface area contributed by atoms with E-state index in [0.29, 0.717) is 38.8 Å². The van der Waals surface area contributed by atoms with Gasteiger partial charge in [0.2, 0.25) is 11.9 Å². The van der Waals surface area contributed by atoms with Gasteiger partial charge in [0.05, 0.1) is 30.8 Å². The number of hydrogen-bond acceptors (Lipinski definition) is 8. The van der Waals surface area contributed by atoms with Crippen molar-refractivity contribution in [1.29, 1.82) is 0 Å². The summed E-state index contributed by atoms with van der Waals surface area (Å²) in [5, 5.41) is 0. The van der Waals surface area contributed by atoms with Gasteiger partial charge >= 0.3 is 0 Å². The number of piperidine rings is 1. The number of aryl methyl sites for hydroxylation is 1. The lowest BCUT2D eigenvalue weighted by molar-refractivity contribution is -0.139. The number of anilines is 1. The Morgan fingerprint density at radius 3 is 2.56 bits per heavy atom. The average Bonchev–Trinajstić information content (AvgIpc) is 3.51. The first kappa shape index (κ1) is 25.7.